The van der Waals surface area contributed by atoms with E-state index in [2.05, 4.69) is 52.9 Å². The Kier molecular flexibility index (Phi) is 7.77. The molecule has 0 spiro atoms. The Balaban J connectivity index is 1.84. The molecule has 0 N–H and O–H groups in total. The average Bonchev–Trinajstić information content (AvgIpc) is 3.17. The van der Waals surface area contributed by atoms with Gasteiger partial charge in [0.25, 0.3) is 0 Å². The zero-order valence-electron chi connectivity index (χ0n) is 18.2. The van der Waals surface area contributed by atoms with Crippen LogP contribution in [0.3, 0.4) is 0 Å². The Morgan fingerprint density at radius 1 is 0.900 bits per heavy atom. The molecule has 0 saturated carbocycles. The second-order valence-corrected chi connectivity index (χ2v) is 7.56. The van der Waals surface area contributed by atoms with Crippen molar-refractivity contribution in [2.45, 2.75) is 58.9 Å². The number of carbonyl (C=O) groups excluding carboxylic acids is 1. The Morgan fingerprint density at radius 3 is 2.07 bits per heavy atom. The molecule has 0 aliphatic rings. The summed E-state index contributed by atoms with van der Waals surface area (Å²) < 4.78 is 7.21. The lowest BCUT2D eigenvalue weighted by Crippen LogP contribution is -2.09. The van der Waals surface area contributed by atoms with E-state index < -0.39 is 0 Å². The van der Waals surface area contributed by atoms with Crippen molar-refractivity contribution < 1.29 is 9.53 Å². The maximum atomic E-state index is 12.1. The fourth-order valence-electron chi connectivity index (χ4n) is 3.59. The van der Waals surface area contributed by atoms with Crippen LogP contribution in [-0.4, -0.2) is 27.8 Å². The maximum Gasteiger partial charge on any atom is 0.338 e. The average molecular weight is 406 g/mol. The summed E-state index contributed by atoms with van der Waals surface area (Å²) >= 11 is 0. The fraction of sp³-hybridized carbons (Fsp3) is 0.400. The molecule has 30 heavy (non-hydrogen) atoms. The lowest BCUT2D eigenvalue weighted by molar-refractivity contribution is 0.0601. The molecule has 3 aromatic rings. The van der Waals surface area contributed by atoms with Crippen molar-refractivity contribution in [3.8, 4) is 11.1 Å². The molecule has 0 fully saturated rings. The molecule has 0 amide bonds. The molecule has 158 valence electrons. The summed E-state index contributed by atoms with van der Waals surface area (Å²) in [6.07, 6.45) is 6.45. The molecular weight excluding hydrogens is 374 g/mol. The van der Waals surface area contributed by atoms with Gasteiger partial charge in [-0.25, -0.2) is 4.79 Å². The molecule has 5 nitrogen and oxygen atoms in total. The van der Waals surface area contributed by atoms with Gasteiger partial charge in [-0.2, -0.15) is 0 Å². The van der Waals surface area contributed by atoms with Crippen LogP contribution in [0.5, 0.6) is 0 Å². The predicted molar refractivity (Wildman–Crippen MR) is 120 cm³/mol. The van der Waals surface area contributed by atoms with Crippen LogP contribution in [0, 0.1) is 0 Å². The zero-order valence-corrected chi connectivity index (χ0v) is 18.2. The van der Waals surface area contributed by atoms with Crippen LogP contribution in [0.1, 0.15) is 67.1 Å². The Hall–Kier alpha value is -2.95. The van der Waals surface area contributed by atoms with E-state index >= 15 is 0 Å². The number of aromatic nitrogens is 3. The van der Waals surface area contributed by atoms with E-state index in [-0.39, 0.29) is 5.97 Å². The van der Waals surface area contributed by atoms with E-state index in [0.29, 0.717) is 5.56 Å². The number of aryl methyl sites for hydroxylation is 2. The molecule has 3 rings (SSSR count). The number of esters is 1. The first kappa shape index (κ1) is 21.8. The Morgan fingerprint density at radius 2 is 1.50 bits per heavy atom. The second kappa shape index (κ2) is 10.7. The van der Waals surface area contributed by atoms with Crippen LogP contribution in [0.4, 0.5) is 0 Å². The van der Waals surface area contributed by atoms with Crippen LogP contribution >= 0.6 is 0 Å². The molecule has 1 heterocycles. The lowest BCUT2D eigenvalue weighted by atomic mass is 9.98. The molecule has 0 aliphatic heterocycles. The highest BCUT2D eigenvalue weighted by Gasteiger charge is 2.14. The van der Waals surface area contributed by atoms with Gasteiger partial charge in [0.1, 0.15) is 11.6 Å². The summed E-state index contributed by atoms with van der Waals surface area (Å²) in [5.74, 6) is 1.83. The normalized spacial score (nSPS) is 10.9. The predicted octanol–water partition coefficient (Wildman–Crippen LogP) is 5.47. The van der Waals surface area contributed by atoms with E-state index in [4.69, 9.17) is 4.74 Å². The summed E-state index contributed by atoms with van der Waals surface area (Å²) in [7, 11) is 1.41. The molecule has 0 radical (unpaired) electrons. The number of benzene rings is 2. The number of ether oxygens (including phenoxy) is 1. The van der Waals surface area contributed by atoms with Crippen molar-refractivity contribution in [3.05, 3.63) is 71.3 Å². The number of unbranched alkanes of at least 4 members (excludes halogenated alkanes) is 2. The van der Waals surface area contributed by atoms with Gasteiger partial charge in [0.15, 0.2) is 0 Å². The molecule has 0 saturated heterocycles. The van der Waals surface area contributed by atoms with Crippen molar-refractivity contribution in [2.75, 3.05) is 7.11 Å². The first-order valence-corrected chi connectivity index (χ1v) is 10.9. The summed E-state index contributed by atoms with van der Waals surface area (Å²) in [5, 5.41) is 8.94. The van der Waals surface area contributed by atoms with Gasteiger partial charge >= 0.3 is 5.97 Å². The zero-order chi connectivity index (χ0) is 21.3. The number of hydrogen-bond donors (Lipinski definition) is 0. The SMILES string of the molecule is CCCCc1nnc(CCCC)n1Cc1ccc(-c2ccccc2C(=O)OC)cc1. The van der Waals surface area contributed by atoms with Gasteiger partial charge in [-0.15, -0.1) is 10.2 Å². The Labute approximate surface area is 179 Å². The van der Waals surface area contributed by atoms with Gasteiger partial charge in [-0.3, -0.25) is 0 Å². The second-order valence-electron chi connectivity index (χ2n) is 7.56. The standard InChI is InChI=1S/C25H31N3O2/c1-4-6-12-23-26-27-24(13-7-5-2)28(23)18-19-14-16-20(17-15-19)21-10-8-9-11-22(21)25(29)30-3/h8-11,14-17H,4-7,12-13,18H2,1-3H3. The molecule has 5 heteroatoms. The summed E-state index contributed by atoms with van der Waals surface area (Å²) in [4.78, 5) is 12.1. The van der Waals surface area contributed by atoms with E-state index in [0.717, 1.165) is 67.8 Å². The first-order chi connectivity index (χ1) is 14.7. The first-order valence-electron chi connectivity index (χ1n) is 10.9. The third-order valence-corrected chi connectivity index (χ3v) is 5.35. The molecule has 2 aromatic carbocycles. The van der Waals surface area contributed by atoms with E-state index in [1.54, 1.807) is 6.07 Å². The van der Waals surface area contributed by atoms with Gasteiger partial charge < -0.3 is 9.30 Å². The monoisotopic (exact) mass is 405 g/mol. The lowest BCUT2D eigenvalue weighted by Gasteiger charge is -2.12. The highest BCUT2D eigenvalue weighted by atomic mass is 16.5. The highest BCUT2D eigenvalue weighted by Crippen LogP contribution is 2.25. The number of methoxy groups -OCH3 is 1. The number of nitrogens with zero attached hydrogens (tertiary/aromatic N) is 3. The largest absolute Gasteiger partial charge is 0.465 e. The van der Waals surface area contributed by atoms with E-state index in [9.17, 15) is 4.79 Å². The fourth-order valence-corrected chi connectivity index (χ4v) is 3.59. The third-order valence-electron chi connectivity index (χ3n) is 5.35. The quantitative estimate of drug-likeness (QED) is 0.420. The summed E-state index contributed by atoms with van der Waals surface area (Å²) in [5.41, 5.74) is 3.66. The van der Waals surface area contributed by atoms with Gasteiger partial charge in [-0.05, 0) is 35.6 Å². The number of carbonyl (C=O) groups is 1. The molecule has 0 unspecified atom stereocenters. The number of hydrogen-bond acceptors (Lipinski definition) is 4. The maximum absolute atomic E-state index is 12.1. The van der Waals surface area contributed by atoms with Gasteiger partial charge in [0.2, 0.25) is 0 Å². The van der Waals surface area contributed by atoms with Crippen LogP contribution in [0.15, 0.2) is 48.5 Å². The number of rotatable bonds is 10. The van der Waals surface area contributed by atoms with Crippen LogP contribution in [-0.2, 0) is 24.1 Å². The van der Waals surface area contributed by atoms with E-state index in [1.165, 1.54) is 12.7 Å². The minimum atomic E-state index is -0.319. The van der Waals surface area contributed by atoms with Gasteiger partial charge in [0, 0.05) is 12.8 Å². The summed E-state index contributed by atoms with van der Waals surface area (Å²) in [6, 6.07) is 15.9. The van der Waals surface area contributed by atoms with Crippen molar-refractivity contribution >= 4 is 5.97 Å². The van der Waals surface area contributed by atoms with Crippen molar-refractivity contribution in [2.24, 2.45) is 0 Å². The molecular formula is C25H31N3O2. The smallest absolute Gasteiger partial charge is 0.338 e. The van der Waals surface area contributed by atoms with Crippen LogP contribution < -0.4 is 0 Å². The minimum Gasteiger partial charge on any atom is -0.465 e. The molecule has 1 aromatic heterocycles. The van der Waals surface area contributed by atoms with Crippen molar-refractivity contribution in [1.82, 2.24) is 14.8 Å². The van der Waals surface area contributed by atoms with Crippen molar-refractivity contribution in [1.29, 1.82) is 0 Å². The minimum absolute atomic E-state index is 0.319. The van der Waals surface area contributed by atoms with Crippen LogP contribution in [0.2, 0.25) is 0 Å². The highest BCUT2D eigenvalue weighted by molar-refractivity contribution is 5.97. The van der Waals surface area contributed by atoms with Gasteiger partial charge in [0.05, 0.1) is 19.2 Å². The topological polar surface area (TPSA) is 57.0 Å². The van der Waals surface area contributed by atoms with E-state index in [1.807, 2.05) is 18.2 Å². The molecule has 0 atom stereocenters. The molecule has 0 bridgehead atoms. The molecule has 0 aliphatic carbocycles. The van der Waals surface area contributed by atoms with Crippen LogP contribution in [0.25, 0.3) is 11.1 Å². The Bertz CT molecular complexity index is 935. The van der Waals surface area contributed by atoms with Crippen molar-refractivity contribution in [3.63, 3.8) is 0 Å². The third kappa shape index (κ3) is 5.15. The summed E-state index contributed by atoms with van der Waals surface area (Å²) in [6.45, 7) is 5.16. The van der Waals surface area contributed by atoms with Gasteiger partial charge in [-0.1, -0.05) is 69.2 Å².